The van der Waals surface area contributed by atoms with Crippen molar-refractivity contribution in [1.29, 1.82) is 0 Å². The first kappa shape index (κ1) is 25.7. The van der Waals surface area contributed by atoms with E-state index < -0.39 is 17.6 Å². The molecule has 0 aliphatic heterocycles. The van der Waals surface area contributed by atoms with Gasteiger partial charge < -0.3 is 16.4 Å². The Kier molecular flexibility index (Phi) is 7.69. The molecule has 0 aliphatic rings. The Bertz CT molecular complexity index is 1400. The molecule has 4 aromatic rings. The van der Waals surface area contributed by atoms with Crippen molar-refractivity contribution in [3.8, 4) is 11.1 Å². The predicted molar refractivity (Wildman–Crippen MR) is 137 cm³/mol. The maximum Gasteiger partial charge on any atom is 0.416 e. The second-order valence-electron chi connectivity index (χ2n) is 8.36. The Balaban J connectivity index is 1.46. The van der Waals surface area contributed by atoms with Crippen molar-refractivity contribution in [2.45, 2.75) is 19.3 Å². The van der Waals surface area contributed by atoms with Crippen molar-refractivity contribution in [1.82, 2.24) is 5.32 Å². The summed E-state index contributed by atoms with van der Waals surface area (Å²) in [7, 11) is 0. The molecule has 0 fully saturated rings. The largest absolute Gasteiger partial charge is 0.416 e. The molecule has 4 aromatic carbocycles. The summed E-state index contributed by atoms with van der Waals surface area (Å²) in [5, 5.41) is 5.62. The van der Waals surface area contributed by atoms with Crippen LogP contribution in [0.2, 0.25) is 0 Å². The van der Waals surface area contributed by atoms with Gasteiger partial charge in [0.15, 0.2) is 0 Å². The molecule has 0 aromatic heterocycles. The molecule has 188 valence electrons. The summed E-state index contributed by atoms with van der Waals surface area (Å²) in [6, 6.07) is 25.4. The Morgan fingerprint density at radius 1 is 0.757 bits per heavy atom. The number of nitrogens with one attached hydrogen (secondary N) is 2. The first-order valence-corrected chi connectivity index (χ1v) is 11.5. The van der Waals surface area contributed by atoms with Crippen molar-refractivity contribution in [3.63, 3.8) is 0 Å². The van der Waals surface area contributed by atoms with Gasteiger partial charge in [-0.15, -0.1) is 0 Å². The van der Waals surface area contributed by atoms with Gasteiger partial charge >= 0.3 is 6.18 Å². The zero-order valence-corrected chi connectivity index (χ0v) is 19.7. The third-order valence-electron chi connectivity index (χ3n) is 5.79. The minimum absolute atomic E-state index is 0.290. The summed E-state index contributed by atoms with van der Waals surface area (Å²) in [6.45, 7) is 0.779. The Morgan fingerprint density at radius 2 is 1.43 bits per heavy atom. The number of alkyl halides is 3. The van der Waals surface area contributed by atoms with Crippen LogP contribution < -0.4 is 16.4 Å². The van der Waals surface area contributed by atoms with Crippen LogP contribution in [0.15, 0.2) is 97.1 Å². The van der Waals surface area contributed by atoms with Crippen molar-refractivity contribution in [2.75, 3.05) is 5.32 Å². The second kappa shape index (κ2) is 11.1. The van der Waals surface area contributed by atoms with Crippen LogP contribution in [0.4, 0.5) is 18.9 Å². The van der Waals surface area contributed by atoms with E-state index >= 15 is 0 Å². The van der Waals surface area contributed by atoms with Gasteiger partial charge in [0.25, 0.3) is 11.8 Å². The van der Waals surface area contributed by atoms with Gasteiger partial charge in [0, 0.05) is 29.9 Å². The van der Waals surface area contributed by atoms with Gasteiger partial charge in [0.2, 0.25) is 0 Å². The molecule has 4 rings (SSSR count). The maximum atomic E-state index is 13.1. The number of carbonyl (C=O) groups excluding carboxylic acids is 2. The Hall–Kier alpha value is -4.43. The van der Waals surface area contributed by atoms with E-state index in [-0.39, 0.29) is 11.5 Å². The molecule has 4 N–H and O–H groups in total. The van der Waals surface area contributed by atoms with Gasteiger partial charge in [-0.3, -0.25) is 9.59 Å². The molecular formula is C29H24F3N3O2. The Morgan fingerprint density at radius 3 is 2.11 bits per heavy atom. The summed E-state index contributed by atoms with van der Waals surface area (Å²) in [6.07, 6.45) is -4.44. The minimum Gasteiger partial charge on any atom is -0.348 e. The molecule has 0 spiro atoms. The molecule has 0 aliphatic carbocycles. The molecule has 0 heterocycles. The molecule has 8 heteroatoms. The van der Waals surface area contributed by atoms with Gasteiger partial charge in [-0.05, 0) is 58.7 Å². The van der Waals surface area contributed by atoms with E-state index in [9.17, 15) is 22.8 Å². The lowest BCUT2D eigenvalue weighted by Crippen LogP contribution is -2.23. The van der Waals surface area contributed by atoms with E-state index in [4.69, 9.17) is 5.73 Å². The van der Waals surface area contributed by atoms with E-state index in [2.05, 4.69) is 10.6 Å². The highest BCUT2D eigenvalue weighted by atomic mass is 19.4. The summed E-state index contributed by atoms with van der Waals surface area (Å²) in [5.41, 5.74) is 8.80. The molecule has 0 saturated carbocycles. The number of hydrogen-bond donors (Lipinski definition) is 3. The number of carbonyl (C=O) groups is 2. The van der Waals surface area contributed by atoms with Gasteiger partial charge in [0.05, 0.1) is 5.56 Å². The van der Waals surface area contributed by atoms with E-state index in [1.54, 1.807) is 48.5 Å². The average molecular weight is 504 g/mol. The molecule has 37 heavy (non-hydrogen) atoms. The zero-order valence-electron chi connectivity index (χ0n) is 19.7. The smallest absolute Gasteiger partial charge is 0.348 e. The highest BCUT2D eigenvalue weighted by Crippen LogP contribution is 2.32. The van der Waals surface area contributed by atoms with Crippen LogP contribution in [0.5, 0.6) is 0 Å². The van der Waals surface area contributed by atoms with Crippen LogP contribution in [-0.4, -0.2) is 11.8 Å². The second-order valence-corrected chi connectivity index (χ2v) is 8.36. The molecule has 0 radical (unpaired) electrons. The fourth-order valence-corrected chi connectivity index (χ4v) is 3.79. The minimum atomic E-state index is -4.44. The van der Waals surface area contributed by atoms with Gasteiger partial charge in [-0.1, -0.05) is 60.7 Å². The quantitative estimate of drug-likeness (QED) is 0.289. The van der Waals surface area contributed by atoms with Gasteiger partial charge in [-0.25, -0.2) is 0 Å². The van der Waals surface area contributed by atoms with Crippen LogP contribution in [0, 0.1) is 0 Å². The van der Waals surface area contributed by atoms with E-state index in [1.807, 2.05) is 24.3 Å². The molecule has 0 atom stereocenters. The van der Waals surface area contributed by atoms with Crippen molar-refractivity contribution in [2.24, 2.45) is 5.73 Å². The molecule has 0 bridgehead atoms. The van der Waals surface area contributed by atoms with Gasteiger partial charge in [0.1, 0.15) is 0 Å². The third-order valence-corrected chi connectivity index (χ3v) is 5.79. The first-order valence-electron chi connectivity index (χ1n) is 11.5. The van der Waals surface area contributed by atoms with E-state index in [0.717, 1.165) is 23.3 Å². The monoisotopic (exact) mass is 503 g/mol. The first-order chi connectivity index (χ1) is 17.7. The highest BCUT2D eigenvalue weighted by molar-refractivity contribution is 6.09. The van der Waals surface area contributed by atoms with Gasteiger partial charge in [-0.2, -0.15) is 13.2 Å². The predicted octanol–water partition coefficient (Wildman–Crippen LogP) is 6.01. The molecule has 5 nitrogen and oxygen atoms in total. The van der Waals surface area contributed by atoms with Crippen LogP contribution in [0.25, 0.3) is 11.1 Å². The molecule has 0 saturated heterocycles. The summed E-state index contributed by atoms with van der Waals surface area (Å²) >= 11 is 0. The third kappa shape index (κ3) is 6.42. The number of rotatable bonds is 7. The summed E-state index contributed by atoms with van der Waals surface area (Å²) < 4.78 is 38.8. The fraction of sp³-hybridized carbons (Fsp3) is 0.103. The van der Waals surface area contributed by atoms with Crippen molar-refractivity contribution < 1.29 is 22.8 Å². The number of halogens is 3. The van der Waals surface area contributed by atoms with Crippen LogP contribution in [0.3, 0.4) is 0 Å². The zero-order chi connectivity index (χ0) is 26.4. The number of benzene rings is 4. The normalized spacial score (nSPS) is 11.1. The number of amides is 2. The summed E-state index contributed by atoms with van der Waals surface area (Å²) in [4.78, 5) is 25.7. The fourth-order valence-electron chi connectivity index (χ4n) is 3.79. The molecule has 0 unspecified atom stereocenters. The van der Waals surface area contributed by atoms with Crippen molar-refractivity contribution in [3.05, 3.63) is 125 Å². The van der Waals surface area contributed by atoms with E-state index in [0.29, 0.717) is 35.5 Å². The maximum absolute atomic E-state index is 13.1. The highest BCUT2D eigenvalue weighted by Gasteiger charge is 2.30. The average Bonchev–Trinajstić information content (AvgIpc) is 2.91. The number of anilines is 1. The standard InChI is InChI=1S/C29H24F3N3O2/c30-29(31,32)23-14-12-21(13-15-23)25-6-1-2-7-26(25)28(37)35-24-5-3-4-22(16-24)27(36)34-18-20-10-8-19(17-33)9-11-20/h1-16H,17-18,33H2,(H,34,36)(H,35,37). The topological polar surface area (TPSA) is 84.2 Å². The van der Waals surface area contributed by atoms with E-state index in [1.165, 1.54) is 12.1 Å². The lowest BCUT2D eigenvalue weighted by molar-refractivity contribution is -0.137. The van der Waals surface area contributed by atoms with Crippen molar-refractivity contribution >= 4 is 17.5 Å². The SMILES string of the molecule is NCc1ccc(CNC(=O)c2cccc(NC(=O)c3ccccc3-c3ccc(C(F)(F)F)cc3)c2)cc1. The Labute approximate surface area is 212 Å². The number of nitrogens with two attached hydrogens (primary N) is 1. The summed E-state index contributed by atoms with van der Waals surface area (Å²) in [5.74, 6) is -0.753. The van der Waals surface area contributed by atoms with Crippen LogP contribution in [0.1, 0.15) is 37.4 Å². The van der Waals surface area contributed by atoms with Crippen LogP contribution in [-0.2, 0) is 19.3 Å². The lowest BCUT2D eigenvalue weighted by atomic mass is 9.98. The molecular weight excluding hydrogens is 479 g/mol. The lowest BCUT2D eigenvalue weighted by Gasteiger charge is -2.13. The number of hydrogen-bond acceptors (Lipinski definition) is 3. The molecule has 2 amide bonds. The van der Waals surface area contributed by atoms with Crippen LogP contribution >= 0.6 is 0 Å².